The van der Waals surface area contributed by atoms with Crippen LogP contribution in [0.3, 0.4) is 0 Å². The minimum Gasteiger partial charge on any atom is -0.467 e. The van der Waals surface area contributed by atoms with Crippen molar-refractivity contribution in [2.24, 2.45) is 0 Å². The zero-order valence-electron chi connectivity index (χ0n) is 16.1. The third-order valence-corrected chi connectivity index (χ3v) is 6.18. The Labute approximate surface area is 173 Å². The number of likely N-dealkylation sites (tertiary alicyclic amines) is 1. The largest absolute Gasteiger partial charge is 0.467 e. The first kappa shape index (κ1) is 19.6. The normalized spacial score (nSPS) is 16.5. The monoisotopic (exact) mass is 413 g/mol. The highest BCUT2D eigenvalue weighted by Gasteiger charge is 2.28. The van der Waals surface area contributed by atoms with Crippen LogP contribution in [0.2, 0.25) is 0 Å². The second-order valence-corrected chi connectivity index (χ2v) is 8.18. The van der Waals surface area contributed by atoms with E-state index in [-0.39, 0.29) is 36.6 Å². The van der Waals surface area contributed by atoms with Crippen molar-refractivity contribution < 1.29 is 18.8 Å². The molecule has 4 rings (SSSR count). The molecule has 0 bridgehead atoms. The molecule has 0 spiro atoms. The van der Waals surface area contributed by atoms with Crippen molar-refractivity contribution >= 4 is 35.2 Å². The molecular weight excluding hydrogens is 390 g/mol. The summed E-state index contributed by atoms with van der Waals surface area (Å²) in [7, 11) is 0. The van der Waals surface area contributed by atoms with Crippen molar-refractivity contribution in [2.45, 2.75) is 30.7 Å². The number of amides is 3. The molecule has 1 aromatic heterocycles. The number of hydrogen-bond acceptors (Lipinski definition) is 5. The van der Waals surface area contributed by atoms with Gasteiger partial charge in [0.2, 0.25) is 11.8 Å². The number of carbonyl (C=O) groups excluding carboxylic acids is 3. The van der Waals surface area contributed by atoms with Gasteiger partial charge >= 0.3 is 0 Å². The lowest BCUT2D eigenvalue weighted by Gasteiger charge is -2.30. The lowest BCUT2D eigenvalue weighted by atomic mass is 10.1. The molecule has 1 aromatic carbocycles. The molecule has 1 N–H and O–H groups in total. The number of nitrogens with one attached hydrogen (secondary N) is 1. The summed E-state index contributed by atoms with van der Waals surface area (Å²) in [6, 6.07) is 8.96. The Morgan fingerprint density at radius 1 is 1.14 bits per heavy atom. The van der Waals surface area contributed by atoms with Gasteiger partial charge in [-0.25, -0.2) is 0 Å². The average Bonchev–Trinajstić information content (AvgIpc) is 3.28. The van der Waals surface area contributed by atoms with Crippen LogP contribution in [-0.2, 0) is 16.1 Å². The minimum atomic E-state index is -0.277. The van der Waals surface area contributed by atoms with Crippen molar-refractivity contribution in [3.05, 3.63) is 47.9 Å². The summed E-state index contributed by atoms with van der Waals surface area (Å²) in [6.07, 6.45) is 4.74. The van der Waals surface area contributed by atoms with Gasteiger partial charge in [0.25, 0.3) is 5.91 Å². The van der Waals surface area contributed by atoms with Crippen molar-refractivity contribution in [1.29, 1.82) is 0 Å². The Morgan fingerprint density at radius 2 is 1.97 bits per heavy atom. The first-order valence-corrected chi connectivity index (χ1v) is 10.8. The predicted molar refractivity (Wildman–Crippen MR) is 110 cm³/mol. The molecule has 3 amide bonds. The number of carbonyl (C=O) groups is 3. The fourth-order valence-corrected chi connectivity index (χ4v) is 4.50. The summed E-state index contributed by atoms with van der Waals surface area (Å²) in [5.74, 6) is 0.489. The molecule has 0 atom stereocenters. The van der Waals surface area contributed by atoms with E-state index in [0.717, 1.165) is 37.2 Å². The molecule has 0 radical (unpaired) electrons. The van der Waals surface area contributed by atoms with Crippen LogP contribution in [0.5, 0.6) is 0 Å². The van der Waals surface area contributed by atoms with Crippen molar-refractivity contribution in [2.75, 3.05) is 30.3 Å². The number of anilines is 1. The predicted octanol–water partition coefficient (Wildman–Crippen LogP) is 2.66. The highest BCUT2D eigenvalue weighted by Crippen LogP contribution is 2.36. The number of benzene rings is 1. The molecular formula is C21H23N3O4S. The summed E-state index contributed by atoms with van der Waals surface area (Å²) in [6.45, 7) is 1.71. The molecule has 2 aliphatic rings. The lowest BCUT2D eigenvalue weighted by molar-refractivity contribution is -0.123. The van der Waals surface area contributed by atoms with Crippen LogP contribution in [0.15, 0.2) is 45.9 Å². The van der Waals surface area contributed by atoms with Gasteiger partial charge in [0.1, 0.15) is 12.3 Å². The first-order valence-electron chi connectivity index (χ1n) is 9.77. The summed E-state index contributed by atoms with van der Waals surface area (Å²) in [5, 5.41) is 2.76. The Morgan fingerprint density at radius 3 is 2.72 bits per heavy atom. The third kappa shape index (κ3) is 4.48. The van der Waals surface area contributed by atoms with Crippen LogP contribution in [0, 0.1) is 0 Å². The molecule has 1 saturated heterocycles. The van der Waals surface area contributed by atoms with E-state index >= 15 is 0 Å². The second-order valence-electron chi connectivity index (χ2n) is 7.16. The Kier molecular flexibility index (Phi) is 5.89. The van der Waals surface area contributed by atoms with Gasteiger partial charge in [-0.2, -0.15) is 0 Å². The van der Waals surface area contributed by atoms with Gasteiger partial charge < -0.3 is 19.5 Å². The van der Waals surface area contributed by atoms with E-state index in [1.165, 1.54) is 16.7 Å². The fraction of sp³-hybridized carbons (Fsp3) is 0.381. The number of thioether (sulfide) groups is 1. The molecule has 7 nitrogen and oxygen atoms in total. The quantitative estimate of drug-likeness (QED) is 0.815. The smallest absolute Gasteiger partial charge is 0.253 e. The number of hydrogen-bond donors (Lipinski definition) is 1. The maximum Gasteiger partial charge on any atom is 0.253 e. The van der Waals surface area contributed by atoms with Crippen LogP contribution in [0.25, 0.3) is 0 Å². The molecule has 3 heterocycles. The van der Waals surface area contributed by atoms with E-state index < -0.39 is 0 Å². The molecule has 1 fully saturated rings. The molecule has 2 aromatic rings. The van der Waals surface area contributed by atoms with Crippen LogP contribution in [0.4, 0.5) is 5.69 Å². The SMILES string of the molecule is O=C(CN1C(=O)CSc2ccc(C(=O)N3CCCCC3)cc21)NCc1ccco1. The van der Waals surface area contributed by atoms with Crippen LogP contribution >= 0.6 is 11.8 Å². The van der Waals surface area contributed by atoms with Crippen LogP contribution in [-0.4, -0.2) is 48.0 Å². The Hall–Kier alpha value is -2.74. The van der Waals surface area contributed by atoms with Gasteiger partial charge in [0, 0.05) is 23.5 Å². The van der Waals surface area contributed by atoms with Gasteiger partial charge in [-0.05, 0) is 49.6 Å². The van der Waals surface area contributed by atoms with E-state index in [4.69, 9.17) is 4.42 Å². The minimum absolute atomic E-state index is 0.0160. The third-order valence-electron chi connectivity index (χ3n) is 5.13. The maximum atomic E-state index is 12.9. The topological polar surface area (TPSA) is 82.9 Å². The van der Waals surface area contributed by atoms with Crippen LogP contribution < -0.4 is 10.2 Å². The number of nitrogens with zero attached hydrogens (tertiary/aromatic N) is 2. The van der Waals surface area contributed by atoms with Crippen LogP contribution in [0.1, 0.15) is 35.4 Å². The fourth-order valence-electron chi connectivity index (χ4n) is 3.59. The zero-order chi connectivity index (χ0) is 20.2. The number of rotatable bonds is 5. The van der Waals surface area contributed by atoms with Crippen molar-refractivity contribution in [3.8, 4) is 0 Å². The summed E-state index contributed by atoms with van der Waals surface area (Å²) in [4.78, 5) is 42.0. The highest BCUT2D eigenvalue weighted by molar-refractivity contribution is 8.00. The van der Waals surface area contributed by atoms with E-state index in [9.17, 15) is 14.4 Å². The number of furan rings is 1. The molecule has 0 unspecified atom stereocenters. The van der Waals surface area contributed by atoms with Crippen molar-refractivity contribution in [1.82, 2.24) is 10.2 Å². The summed E-state index contributed by atoms with van der Waals surface area (Å²) >= 11 is 1.43. The average molecular weight is 413 g/mol. The van der Waals surface area contributed by atoms with Gasteiger partial charge in [-0.1, -0.05) is 0 Å². The second kappa shape index (κ2) is 8.73. The van der Waals surface area contributed by atoms with Gasteiger partial charge in [0.05, 0.1) is 24.2 Å². The van der Waals surface area contributed by atoms with E-state index in [1.54, 1.807) is 24.5 Å². The summed E-state index contributed by atoms with van der Waals surface area (Å²) < 4.78 is 5.21. The standard InChI is InChI=1S/C21H23N3O4S/c25-19(22-12-16-5-4-10-28-16)13-24-17-11-15(6-7-18(17)29-14-20(24)26)21(27)23-8-2-1-3-9-23/h4-7,10-11H,1-3,8-9,12-14H2,(H,22,25). The lowest BCUT2D eigenvalue weighted by Crippen LogP contribution is -2.43. The van der Waals surface area contributed by atoms with E-state index in [1.807, 2.05) is 17.0 Å². The van der Waals surface area contributed by atoms with Crippen molar-refractivity contribution in [3.63, 3.8) is 0 Å². The molecule has 0 aliphatic carbocycles. The first-order chi connectivity index (χ1) is 14.1. The van der Waals surface area contributed by atoms with E-state index in [0.29, 0.717) is 17.0 Å². The maximum absolute atomic E-state index is 12.9. The van der Waals surface area contributed by atoms with Gasteiger partial charge in [0.15, 0.2) is 0 Å². The van der Waals surface area contributed by atoms with Gasteiger partial charge in [-0.15, -0.1) is 11.8 Å². The van der Waals surface area contributed by atoms with E-state index in [2.05, 4.69) is 5.32 Å². The molecule has 0 saturated carbocycles. The molecule has 8 heteroatoms. The summed E-state index contributed by atoms with van der Waals surface area (Å²) in [5.41, 5.74) is 1.18. The Balaban J connectivity index is 1.49. The molecule has 152 valence electrons. The number of fused-ring (bicyclic) bond motifs is 1. The number of piperidine rings is 1. The zero-order valence-corrected chi connectivity index (χ0v) is 16.9. The molecule has 29 heavy (non-hydrogen) atoms. The Bertz CT molecular complexity index is 907. The highest BCUT2D eigenvalue weighted by atomic mass is 32.2. The molecule has 2 aliphatic heterocycles. The van der Waals surface area contributed by atoms with Gasteiger partial charge in [-0.3, -0.25) is 14.4 Å².